The fourth-order valence-corrected chi connectivity index (χ4v) is 6.64. The Morgan fingerprint density at radius 3 is 1.60 bits per heavy atom. The number of ether oxygens (including phenoxy) is 2. The number of hydrogen-bond acceptors (Lipinski definition) is 12. The van der Waals surface area contributed by atoms with Crippen LogP contribution in [0.4, 0.5) is 11.4 Å². The van der Waals surface area contributed by atoms with Crippen LogP contribution in [0.2, 0.25) is 0 Å². The Bertz CT molecular complexity index is 2060. The SMILES string of the molecule is Cc1ccc2c(N=C3NC(=Nc4c(OCCN5CCN(C)CC5)nn5c(C)c(C)ccc45)C(N)=CC3=N)c(OCCN3CCN(C)CC3)nn2c1C. The number of fused-ring (bicyclic) bond motifs is 2. The number of nitrogens with zero attached hydrogens (tertiary/aromatic N) is 10. The Balaban J connectivity index is 1.19. The number of hydrogen-bond donors (Lipinski definition) is 3. The van der Waals surface area contributed by atoms with Crippen LogP contribution in [0.15, 0.2) is 46.0 Å². The van der Waals surface area contributed by atoms with Crippen LogP contribution < -0.4 is 20.5 Å². The molecular weight excluding hydrogens is 658 g/mol. The molecule has 7 heterocycles. The van der Waals surface area contributed by atoms with Gasteiger partial charge in [0, 0.05) is 76.8 Å². The molecule has 0 radical (unpaired) electrons. The summed E-state index contributed by atoms with van der Waals surface area (Å²) in [6, 6.07) is 8.09. The summed E-state index contributed by atoms with van der Waals surface area (Å²) in [6.45, 7) is 18.9. The number of rotatable bonds is 10. The Labute approximate surface area is 304 Å². The molecule has 2 fully saturated rings. The summed E-state index contributed by atoms with van der Waals surface area (Å²) in [7, 11) is 4.30. The summed E-state index contributed by atoms with van der Waals surface area (Å²) in [6.07, 6.45) is 1.57. The number of aliphatic imine (C=N–C) groups is 2. The van der Waals surface area contributed by atoms with Crippen molar-refractivity contribution >= 4 is 39.8 Å². The van der Waals surface area contributed by atoms with E-state index in [0.29, 0.717) is 47.9 Å². The molecule has 0 bridgehead atoms. The summed E-state index contributed by atoms with van der Waals surface area (Å²) in [5.74, 6) is 1.47. The smallest absolute Gasteiger partial charge is 0.260 e. The van der Waals surface area contributed by atoms with E-state index >= 15 is 0 Å². The Hall–Kier alpha value is -4.83. The molecule has 0 atom stereocenters. The van der Waals surface area contributed by atoms with Gasteiger partial charge in [0.1, 0.15) is 13.2 Å². The Morgan fingerprint density at radius 2 is 1.13 bits per heavy atom. The van der Waals surface area contributed by atoms with Crippen molar-refractivity contribution in [3.8, 4) is 11.8 Å². The molecule has 3 aliphatic rings. The molecule has 0 aromatic carbocycles. The van der Waals surface area contributed by atoms with Crippen LogP contribution in [-0.2, 0) is 0 Å². The molecule has 3 aliphatic heterocycles. The Morgan fingerprint density at radius 1 is 0.692 bits per heavy atom. The van der Waals surface area contributed by atoms with Gasteiger partial charge in [0.05, 0.1) is 22.4 Å². The number of likely N-dealkylation sites (N-methyl/N-ethyl adjacent to an activating group) is 2. The number of pyridine rings is 2. The van der Waals surface area contributed by atoms with Crippen molar-refractivity contribution in [1.29, 1.82) is 5.41 Å². The third-order valence-corrected chi connectivity index (χ3v) is 10.5. The topological polar surface area (TPSA) is 153 Å². The van der Waals surface area contributed by atoms with Crippen LogP contribution >= 0.6 is 0 Å². The van der Waals surface area contributed by atoms with Crippen molar-refractivity contribution in [2.45, 2.75) is 27.7 Å². The molecule has 7 rings (SSSR count). The van der Waals surface area contributed by atoms with Gasteiger partial charge < -0.3 is 30.3 Å². The molecule has 276 valence electrons. The van der Waals surface area contributed by atoms with E-state index in [-0.39, 0.29) is 11.5 Å². The second-order valence-electron chi connectivity index (χ2n) is 14.2. The summed E-state index contributed by atoms with van der Waals surface area (Å²) >= 11 is 0. The summed E-state index contributed by atoms with van der Waals surface area (Å²) < 4.78 is 16.4. The van der Waals surface area contributed by atoms with E-state index in [0.717, 1.165) is 99.0 Å². The van der Waals surface area contributed by atoms with Crippen molar-refractivity contribution in [2.24, 2.45) is 15.7 Å². The molecule has 4 N–H and O–H groups in total. The third kappa shape index (κ3) is 7.39. The minimum Gasteiger partial charge on any atom is -0.474 e. The van der Waals surface area contributed by atoms with E-state index in [2.05, 4.69) is 65.0 Å². The lowest BCUT2D eigenvalue weighted by atomic mass is 10.2. The predicted molar refractivity (Wildman–Crippen MR) is 206 cm³/mol. The monoisotopic (exact) mass is 709 g/mol. The number of amidine groups is 2. The van der Waals surface area contributed by atoms with Crippen molar-refractivity contribution in [3.63, 3.8) is 0 Å². The highest BCUT2D eigenvalue weighted by atomic mass is 16.5. The Kier molecular flexibility index (Phi) is 10.3. The first-order valence-electron chi connectivity index (χ1n) is 18.1. The van der Waals surface area contributed by atoms with Gasteiger partial charge in [-0.1, -0.05) is 12.1 Å². The molecule has 0 amide bonds. The van der Waals surface area contributed by atoms with Gasteiger partial charge >= 0.3 is 0 Å². The van der Waals surface area contributed by atoms with Crippen LogP contribution in [-0.4, -0.2) is 149 Å². The van der Waals surface area contributed by atoms with Gasteiger partial charge in [0.2, 0.25) is 0 Å². The third-order valence-electron chi connectivity index (χ3n) is 10.5. The van der Waals surface area contributed by atoms with Crippen LogP contribution in [0.25, 0.3) is 11.0 Å². The molecule has 4 aromatic rings. The fraction of sp³-hybridized carbons (Fsp3) is 0.486. The average Bonchev–Trinajstić information content (AvgIpc) is 3.66. The normalized spacial score (nSPS) is 20.0. The highest BCUT2D eigenvalue weighted by molar-refractivity contribution is 6.50. The maximum atomic E-state index is 8.86. The van der Waals surface area contributed by atoms with Gasteiger partial charge in [0.25, 0.3) is 11.8 Å². The minimum absolute atomic E-state index is 0.123. The number of nitrogens with one attached hydrogen (secondary N) is 2. The van der Waals surface area contributed by atoms with Gasteiger partial charge in [-0.2, -0.15) is 0 Å². The van der Waals surface area contributed by atoms with Crippen molar-refractivity contribution < 1.29 is 9.47 Å². The van der Waals surface area contributed by atoms with E-state index in [4.69, 9.17) is 40.8 Å². The van der Waals surface area contributed by atoms with E-state index in [1.807, 2.05) is 35.0 Å². The lowest BCUT2D eigenvalue weighted by Gasteiger charge is -2.32. The lowest BCUT2D eigenvalue weighted by Crippen LogP contribution is -2.45. The van der Waals surface area contributed by atoms with E-state index in [1.165, 1.54) is 0 Å². The zero-order valence-corrected chi connectivity index (χ0v) is 31.2. The highest BCUT2D eigenvalue weighted by Gasteiger charge is 2.25. The molecule has 15 heteroatoms. The molecule has 0 aliphatic carbocycles. The number of aryl methyl sites for hydroxylation is 4. The zero-order valence-electron chi connectivity index (χ0n) is 31.2. The lowest BCUT2D eigenvalue weighted by molar-refractivity contribution is 0.132. The van der Waals surface area contributed by atoms with Gasteiger partial charge in [-0.15, -0.1) is 10.2 Å². The highest BCUT2D eigenvalue weighted by Crippen LogP contribution is 2.35. The van der Waals surface area contributed by atoms with E-state index < -0.39 is 0 Å². The second kappa shape index (κ2) is 15.0. The molecule has 0 unspecified atom stereocenters. The minimum atomic E-state index is 0.123. The largest absolute Gasteiger partial charge is 0.474 e. The summed E-state index contributed by atoms with van der Waals surface area (Å²) in [4.78, 5) is 19.5. The molecule has 52 heavy (non-hydrogen) atoms. The van der Waals surface area contributed by atoms with Crippen molar-refractivity contribution in [3.05, 3.63) is 58.6 Å². The van der Waals surface area contributed by atoms with Crippen LogP contribution in [0.1, 0.15) is 22.5 Å². The van der Waals surface area contributed by atoms with Crippen LogP contribution in [0.3, 0.4) is 0 Å². The first-order chi connectivity index (χ1) is 25.0. The van der Waals surface area contributed by atoms with E-state index in [1.54, 1.807) is 6.08 Å². The van der Waals surface area contributed by atoms with Gasteiger partial charge in [0.15, 0.2) is 23.0 Å². The van der Waals surface area contributed by atoms with E-state index in [9.17, 15) is 0 Å². The molecule has 15 nitrogen and oxygen atoms in total. The average molecular weight is 710 g/mol. The molecule has 0 saturated carbocycles. The van der Waals surface area contributed by atoms with Gasteiger partial charge in [-0.25, -0.2) is 19.0 Å². The van der Waals surface area contributed by atoms with Gasteiger partial charge in [-0.3, -0.25) is 15.2 Å². The number of piperazine rings is 2. The number of nitrogens with two attached hydrogens (primary N) is 1. The second-order valence-corrected chi connectivity index (χ2v) is 14.2. The molecular formula is C37H51N13O2. The maximum absolute atomic E-state index is 8.86. The molecule has 2 saturated heterocycles. The van der Waals surface area contributed by atoms with Crippen molar-refractivity contribution in [2.75, 3.05) is 92.8 Å². The van der Waals surface area contributed by atoms with Crippen LogP contribution in [0, 0.1) is 33.1 Å². The fourth-order valence-electron chi connectivity index (χ4n) is 6.64. The van der Waals surface area contributed by atoms with Gasteiger partial charge in [-0.05, 0) is 71.1 Å². The quantitative estimate of drug-likeness (QED) is 0.224. The predicted octanol–water partition coefficient (Wildman–Crippen LogP) is 2.69. The maximum Gasteiger partial charge on any atom is 0.260 e. The van der Waals surface area contributed by atoms with Crippen molar-refractivity contribution in [1.82, 2.24) is 44.1 Å². The summed E-state index contributed by atoms with van der Waals surface area (Å²) in [5, 5.41) is 21.8. The standard InChI is InChI=1S/C37H51N13O2/c1-24-7-9-30-32(36(43-49(30)26(24)3)51-21-19-47-15-11-45(5)12-16-47)40-34-28(38)23-29(39)35(42-34)41-33-31-10-8-25(2)27(4)50(31)44-37(33)52-22-20-48-17-13-46(6)14-18-48/h7-10,23,38H,11-22,39H2,1-6H3,(H,40,41,42). The number of aromatic nitrogens is 4. The first-order valence-corrected chi connectivity index (χ1v) is 18.1. The summed E-state index contributed by atoms with van der Waals surface area (Å²) in [5.41, 5.74) is 13.8. The molecule has 4 aromatic heterocycles. The zero-order chi connectivity index (χ0) is 36.5. The van der Waals surface area contributed by atoms with Crippen LogP contribution in [0.5, 0.6) is 11.8 Å². The first kappa shape index (κ1) is 35.6. The molecule has 0 spiro atoms.